The van der Waals surface area contributed by atoms with E-state index in [0.29, 0.717) is 0 Å². The van der Waals surface area contributed by atoms with Crippen LogP contribution in [0.3, 0.4) is 0 Å². The van der Waals surface area contributed by atoms with Gasteiger partial charge in [-0.2, -0.15) is 0 Å². The molecule has 1 N–H and O–H groups in total. The van der Waals surface area contributed by atoms with Crippen LogP contribution in [0, 0.1) is 12.5 Å². The second-order valence-corrected chi connectivity index (χ2v) is 0.838. The van der Waals surface area contributed by atoms with Crippen LogP contribution in [0.4, 0.5) is 0 Å². The summed E-state index contributed by atoms with van der Waals surface area (Å²) in [4.78, 5) is 10.0. The Morgan fingerprint density at radius 2 is 2.57 bits per heavy atom. The summed E-state index contributed by atoms with van der Waals surface area (Å²) < 4.78 is 0. The summed E-state index contributed by atoms with van der Waals surface area (Å²) in [5, 5.41) is 2.07. The van der Waals surface area contributed by atoms with Crippen molar-refractivity contribution in [1.82, 2.24) is 5.32 Å². The standard InChI is InChI=1S/C5H5NO/c1-3-5(7)6-4-2/h2-3H,1H2,(H,6,7). The van der Waals surface area contributed by atoms with Gasteiger partial charge in [0.2, 0.25) is 0 Å². The molecule has 0 rings (SSSR count). The quantitative estimate of drug-likeness (QED) is 0.274. The molecule has 0 atom stereocenters. The van der Waals surface area contributed by atoms with E-state index in [1.54, 1.807) is 0 Å². The number of rotatable bonds is 1. The number of carbonyl (C=O) groups excluding carboxylic acids is 1. The number of terminal acetylenes is 1. The molecule has 0 fully saturated rings. The molecule has 0 radical (unpaired) electrons. The van der Waals surface area contributed by atoms with Crippen LogP contribution >= 0.6 is 0 Å². The average Bonchev–Trinajstić information content (AvgIpc) is 1.68. The summed E-state index contributed by atoms with van der Waals surface area (Å²) in [6.07, 6.45) is 5.79. The monoisotopic (exact) mass is 95.0 g/mol. The topological polar surface area (TPSA) is 29.1 Å². The van der Waals surface area contributed by atoms with Gasteiger partial charge >= 0.3 is 0 Å². The minimum absolute atomic E-state index is 0.345. The van der Waals surface area contributed by atoms with E-state index in [1.807, 2.05) is 6.04 Å². The van der Waals surface area contributed by atoms with Crippen LogP contribution < -0.4 is 5.32 Å². The molecular formula is C5H5NO. The van der Waals surface area contributed by atoms with Crippen LogP contribution in [-0.4, -0.2) is 5.91 Å². The van der Waals surface area contributed by atoms with Crippen LogP contribution in [0.2, 0.25) is 0 Å². The number of nitrogens with one attached hydrogen (secondary N) is 1. The highest BCUT2D eigenvalue weighted by molar-refractivity contribution is 5.88. The molecule has 0 spiro atoms. The molecule has 0 aliphatic rings. The Hall–Kier alpha value is -1.23. The second-order valence-electron chi connectivity index (χ2n) is 0.838. The largest absolute Gasteiger partial charge is 0.282 e. The van der Waals surface area contributed by atoms with Gasteiger partial charge in [-0.1, -0.05) is 13.0 Å². The van der Waals surface area contributed by atoms with Gasteiger partial charge in [0.05, 0.1) is 0 Å². The Kier molecular flexibility index (Phi) is 2.46. The molecule has 36 valence electrons. The molecule has 0 unspecified atom stereocenters. The molecule has 2 nitrogen and oxygen atoms in total. The lowest BCUT2D eigenvalue weighted by atomic mass is 10.6. The first-order valence-electron chi connectivity index (χ1n) is 1.69. The molecule has 0 aliphatic carbocycles. The van der Waals surface area contributed by atoms with E-state index in [9.17, 15) is 4.79 Å². The summed E-state index contributed by atoms with van der Waals surface area (Å²) >= 11 is 0. The average molecular weight is 95.1 g/mol. The van der Waals surface area contributed by atoms with Crippen molar-refractivity contribution < 1.29 is 4.79 Å². The predicted octanol–water partition coefficient (Wildman–Crippen LogP) is -0.121. The van der Waals surface area contributed by atoms with Gasteiger partial charge in [0.15, 0.2) is 0 Å². The summed E-state index contributed by atoms with van der Waals surface area (Å²) in [5.74, 6) is -0.345. The van der Waals surface area contributed by atoms with Crippen LogP contribution in [0.25, 0.3) is 0 Å². The minimum Gasteiger partial charge on any atom is -0.282 e. The Balaban J connectivity index is 3.42. The zero-order valence-corrected chi connectivity index (χ0v) is 3.77. The van der Waals surface area contributed by atoms with Crippen LogP contribution in [-0.2, 0) is 4.79 Å². The first kappa shape index (κ1) is 5.77. The summed E-state index contributed by atoms with van der Waals surface area (Å²) in [6.45, 7) is 3.17. The number of amides is 1. The first-order chi connectivity index (χ1) is 3.31. The third-order valence-electron chi connectivity index (χ3n) is 0.381. The lowest BCUT2D eigenvalue weighted by molar-refractivity contribution is -0.115. The summed E-state index contributed by atoms with van der Waals surface area (Å²) in [6, 6.07) is 1.95. The van der Waals surface area contributed by atoms with Crippen molar-refractivity contribution in [2.24, 2.45) is 0 Å². The fourth-order valence-electron chi connectivity index (χ4n) is 0.122. The highest BCUT2D eigenvalue weighted by Gasteiger charge is 1.82. The molecule has 0 bridgehead atoms. The lowest BCUT2D eigenvalue weighted by Gasteiger charge is -1.81. The van der Waals surface area contributed by atoms with Crippen LogP contribution in [0.15, 0.2) is 12.7 Å². The molecular weight excluding hydrogens is 90.1 g/mol. The maximum absolute atomic E-state index is 10.0. The Labute approximate surface area is 42.2 Å². The van der Waals surface area contributed by atoms with Crippen molar-refractivity contribution in [3.05, 3.63) is 12.7 Å². The molecule has 2 heteroatoms. The summed E-state index contributed by atoms with van der Waals surface area (Å²) in [7, 11) is 0. The van der Waals surface area contributed by atoms with E-state index in [-0.39, 0.29) is 5.91 Å². The molecule has 0 heterocycles. The minimum atomic E-state index is -0.345. The summed E-state index contributed by atoms with van der Waals surface area (Å²) in [5.41, 5.74) is 0. The van der Waals surface area contributed by atoms with E-state index >= 15 is 0 Å². The zero-order valence-electron chi connectivity index (χ0n) is 3.77. The van der Waals surface area contributed by atoms with E-state index in [0.717, 1.165) is 6.08 Å². The molecule has 0 aliphatic heterocycles. The Bertz CT molecular complexity index is 121. The van der Waals surface area contributed by atoms with Gasteiger partial charge in [0, 0.05) is 6.04 Å². The zero-order chi connectivity index (χ0) is 5.70. The third kappa shape index (κ3) is 2.58. The molecule has 0 saturated carbocycles. The molecule has 0 aromatic heterocycles. The Morgan fingerprint density at radius 1 is 2.00 bits per heavy atom. The molecule has 0 aromatic rings. The fraction of sp³-hybridized carbons (Fsp3) is 0. The van der Waals surface area contributed by atoms with E-state index < -0.39 is 0 Å². The van der Waals surface area contributed by atoms with Crippen LogP contribution in [0.5, 0.6) is 0 Å². The second kappa shape index (κ2) is 2.98. The smallest absolute Gasteiger partial charge is 0.254 e. The fourth-order valence-corrected chi connectivity index (χ4v) is 0.122. The number of carbonyl (C=O) groups is 1. The highest BCUT2D eigenvalue weighted by atomic mass is 16.1. The SMILES string of the molecule is C#CNC(=O)C=C. The predicted molar refractivity (Wildman–Crippen MR) is 27.2 cm³/mol. The molecule has 0 aromatic carbocycles. The third-order valence-corrected chi connectivity index (χ3v) is 0.381. The van der Waals surface area contributed by atoms with E-state index in [2.05, 4.69) is 18.3 Å². The highest BCUT2D eigenvalue weighted by Crippen LogP contribution is 1.58. The lowest BCUT2D eigenvalue weighted by Crippen LogP contribution is -2.12. The first-order valence-corrected chi connectivity index (χ1v) is 1.69. The van der Waals surface area contributed by atoms with Gasteiger partial charge in [-0.3, -0.25) is 10.1 Å². The number of hydrogen-bond acceptors (Lipinski definition) is 1. The van der Waals surface area contributed by atoms with Gasteiger partial charge in [-0.05, 0) is 6.08 Å². The van der Waals surface area contributed by atoms with E-state index in [4.69, 9.17) is 0 Å². The van der Waals surface area contributed by atoms with Crippen molar-refractivity contribution in [3.8, 4) is 12.5 Å². The van der Waals surface area contributed by atoms with Crippen molar-refractivity contribution in [1.29, 1.82) is 0 Å². The van der Waals surface area contributed by atoms with Gasteiger partial charge < -0.3 is 0 Å². The van der Waals surface area contributed by atoms with Gasteiger partial charge in [0.25, 0.3) is 5.91 Å². The van der Waals surface area contributed by atoms with Crippen LogP contribution in [0.1, 0.15) is 0 Å². The molecule has 1 amide bonds. The van der Waals surface area contributed by atoms with E-state index in [1.165, 1.54) is 0 Å². The molecule has 0 saturated heterocycles. The van der Waals surface area contributed by atoms with Gasteiger partial charge in [0.1, 0.15) is 0 Å². The van der Waals surface area contributed by atoms with Gasteiger partial charge in [-0.15, -0.1) is 0 Å². The maximum Gasteiger partial charge on any atom is 0.254 e. The Morgan fingerprint density at radius 3 is 2.71 bits per heavy atom. The van der Waals surface area contributed by atoms with Crippen molar-refractivity contribution >= 4 is 5.91 Å². The maximum atomic E-state index is 10.0. The van der Waals surface area contributed by atoms with Crippen molar-refractivity contribution in [3.63, 3.8) is 0 Å². The van der Waals surface area contributed by atoms with Crippen molar-refractivity contribution in [2.45, 2.75) is 0 Å². The van der Waals surface area contributed by atoms with Gasteiger partial charge in [-0.25, -0.2) is 0 Å². The molecule has 7 heavy (non-hydrogen) atoms. The normalized spacial score (nSPS) is 6.14. The van der Waals surface area contributed by atoms with Crippen molar-refractivity contribution in [2.75, 3.05) is 0 Å². The number of hydrogen-bond donors (Lipinski definition) is 1.